The molecule has 2 N–H and O–H groups in total. The Balaban J connectivity index is 0.00000272. The Morgan fingerprint density at radius 3 is 2.90 bits per heavy atom. The maximum atomic E-state index is 5.15. The first kappa shape index (κ1) is 23.5. The van der Waals surface area contributed by atoms with Crippen molar-refractivity contribution < 1.29 is 4.74 Å². The Hall–Kier alpha value is -2.20. The van der Waals surface area contributed by atoms with Gasteiger partial charge in [-0.15, -0.1) is 24.0 Å². The molecule has 1 aromatic heterocycles. The van der Waals surface area contributed by atoms with Crippen LogP contribution in [0.2, 0.25) is 0 Å². The second-order valence-corrected chi connectivity index (χ2v) is 7.59. The zero-order valence-corrected chi connectivity index (χ0v) is 20.5. The highest BCUT2D eigenvalue weighted by Crippen LogP contribution is 2.19. The van der Waals surface area contributed by atoms with E-state index in [1.165, 1.54) is 16.3 Å². The molecule has 1 aliphatic rings. The monoisotopic (exact) mass is 534 g/mol. The van der Waals surface area contributed by atoms with Gasteiger partial charge in [0.25, 0.3) is 0 Å². The number of hydrogen-bond donors (Lipinski definition) is 2. The van der Waals surface area contributed by atoms with E-state index in [9.17, 15) is 0 Å². The van der Waals surface area contributed by atoms with Crippen LogP contribution in [-0.4, -0.2) is 47.0 Å². The van der Waals surface area contributed by atoms with E-state index < -0.39 is 0 Å². The molecule has 0 saturated heterocycles. The van der Waals surface area contributed by atoms with Crippen molar-refractivity contribution in [2.75, 3.05) is 20.2 Å². The number of halogens is 1. The van der Waals surface area contributed by atoms with Crippen LogP contribution in [0.4, 0.5) is 0 Å². The van der Waals surface area contributed by atoms with Gasteiger partial charge in [0.05, 0.1) is 6.54 Å². The zero-order valence-electron chi connectivity index (χ0n) is 18.2. The third kappa shape index (κ3) is 5.94. The summed E-state index contributed by atoms with van der Waals surface area (Å²) in [5, 5.41) is 14.1. The minimum Gasteiger partial charge on any atom is -0.377 e. The molecule has 0 aliphatic carbocycles. The maximum Gasteiger partial charge on any atom is 0.191 e. The van der Waals surface area contributed by atoms with Crippen LogP contribution >= 0.6 is 24.0 Å². The Bertz CT molecular complexity index is 1010. The van der Waals surface area contributed by atoms with Gasteiger partial charge in [-0.2, -0.15) is 5.10 Å². The molecule has 1 unspecified atom stereocenters. The third-order valence-corrected chi connectivity index (χ3v) is 5.39. The van der Waals surface area contributed by atoms with Gasteiger partial charge in [0.1, 0.15) is 12.4 Å². The molecule has 0 radical (unpaired) electrons. The lowest BCUT2D eigenvalue weighted by Gasteiger charge is -2.25. The van der Waals surface area contributed by atoms with Gasteiger partial charge in [-0.25, -0.2) is 9.67 Å². The van der Waals surface area contributed by atoms with Gasteiger partial charge in [-0.1, -0.05) is 42.5 Å². The first-order valence-corrected chi connectivity index (χ1v) is 10.7. The number of aromatic nitrogens is 3. The molecule has 2 heterocycles. The average molecular weight is 534 g/mol. The van der Waals surface area contributed by atoms with Gasteiger partial charge in [0.2, 0.25) is 0 Å². The maximum absolute atomic E-state index is 5.15. The second kappa shape index (κ2) is 11.4. The van der Waals surface area contributed by atoms with Gasteiger partial charge in [-0.3, -0.25) is 4.99 Å². The van der Waals surface area contributed by atoms with E-state index in [-0.39, 0.29) is 30.0 Å². The molecule has 0 saturated carbocycles. The number of nitrogens with one attached hydrogen (secondary N) is 2. The summed E-state index contributed by atoms with van der Waals surface area (Å²) in [6.07, 6.45) is 2.83. The molecular weight excluding hydrogens is 503 g/mol. The van der Waals surface area contributed by atoms with E-state index in [0.717, 1.165) is 56.5 Å². The lowest BCUT2D eigenvalue weighted by molar-refractivity contribution is 0.177. The van der Waals surface area contributed by atoms with Crippen molar-refractivity contribution in [2.45, 2.75) is 45.4 Å². The summed E-state index contributed by atoms with van der Waals surface area (Å²) in [6.45, 7) is 4.91. The zero-order chi connectivity index (χ0) is 20.8. The van der Waals surface area contributed by atoms with Crippen LogP contribution in [0, 0.1) is 0 Å². The van der Waals surface area contributed by atoms with Crippen molar-refractivity contribution in [2.24, 2.45) is 4.99 Å². The highest BCUT2D eigenvalue weighted by molar-refractivity contribution is 14.0. The topological polar surface area (TPSA) is 76.4 Å². The summed E-state index contributed by atoms with van der Waals surface area (Å²) in [4.78, 5) is 9.38. The number of aliphatic imine (C=N–C) groups is 1. The summed E-state index contributed by atoms with van der Waals surface area (Å²) in [5.74, 6) is 2.66. The van der Waals surface area contributed by atoms with Crippen LogP contribution < -0.4 is 10.6 Å². The average Bonchev–Trinajstić information content (AvgIpc) is 3.16. The molecular formula is C23H31IN6O. The molecule has 31 heavy (non-hydrogen) atoms. The Morgan fingerprint density at radius 2 is 2.06 bits per heavy atom. The van der Waals surface area contributed by atoms with Crippen molar-refractivity contribution in [3.05, 3.63) is 59.7 Å². The highest BCUT2D eigenvalue weighted by atomic mass is 127. The summed E-state index contributed by atoms with van der Waals surface area (Å²) in [5.41, 5.74) is 1.34. The van der Waals surface area contributed by atoms with Gasteiger partial charge in [0, 0.05) is 32.7 Å². The van der Waals surface area contributed by atoms with Crippen LogP contribution in [0.5, 0.6) is 0 Å². The molecule has 8 heteroatoms. The smallest absolute Gasteiger partial charge is 0.191 e. The lowest BCUT2D eigenvalue weighted by Crippen LogP contribution is -2.47. The summed E-state index contributed by atoms with van der Waals surface area (Å²) >= 11 is 0. The molecule has 166 valence electrons. The number of benzene rings is 2. The molecule has 0 spiro atoms. The van der Waals surface area contributed by atoms with Crippen LogP contribution in [0.3, 0.4) is 0 Å². The predicted molar refractivity (Wildman–Crippen MR) is 135 cm³/mol. The van der Waals surface area contributed by atoms with Gasteiger partial charge in [0.15, 0.2) is 11.8 Å². The number of fused-ring (bicyclic) bond motifs is 2. The molecule has 1 aliphatic heterocycles. The molecule has 0 bridgehead atoms. The lowest BCUT2D eigenvalue weighted by atomic mass is 10.0. The van der Waals surface area contributed by atoms with Gasteiger partial charge < -0.3 is 15.4 Å². The fraction of sp³-hybridized carbons (Fsp3) is 0.435. The minimum absolute atomic E-state index is 0. The van der Waals surface area contributed by atoms with Crippen LogP contribution in [0.15, 0.2) is 47.5 Å². The van der Waals surface area contributed by atoms with Crippen molar-refractivity contribution in [3.63, 3.8) is 0 Å². The standard InChI is InChI=1S/C23H30N6O.HI/c1-3-24-23(25-14-13-18-9-6-8-17-7-4-5-10-20(17)18)26-19-11-12-22-27-21(16-30-2)28-29(22)15-19;/h4-10,19H,3,11-16H2,1-2H3,(H2,24,25,26);1H. The highest BCUT2D eigenvalue weighted by Gasteiger charge is 2.22. The molecule has 4 rings (SSSR count). The number of methoxy groups -OCH3 is 1. The molecule has 0 amide bonds. The summed E-state index contributed by atoms with van der Waals surface area (Å²) in [6, 6.07) is 15.3. The van der Waals surface area contributed by atoms with E-state index in [4.69, 9.17) is 9.73 Å². The van der Waals surface area contributed by atoms with E-state index >= 15 is 0 Å². The Labute approximate surface area is 200 Å². The molecule has 1 atom stereocenters. The number of rotatable bonds is 7. The molecule has 0 fully saturated rings. The molecule has 7 nitrogen and oxygen atoms in total. The fourth-order valence-electron chi connectivity index (χ4n) is 3.98. The third-order valence-electron chi connectivity index (χ3n) is 5.39. The first-order valence-electron chi connectivity index (χ1n) is 10.7. The number of guanidine groups is 1. The number of nitrogens with zero attached hydrogens (tertiary/aromatic N) is 4. The SMILES string of the molecule is CCNC(=NCCc1cccc2ccccc12)NC1CCc2nc(COC)nn2C1.I. The number of ether oxygens (including phenoxy) is 1. The van der Waals surface area contributed by atoms with Gasteiger partial charge in [-0.05, 0) is 36.1 Å². The van der Waals surface area contributed by atoms with Crippen molar-refractivity contribution in [1.29, 1.82) is 0 Å². The van der Waals surface area contributed by atoms with Crippen LogP contribution in [0.1, 0.15) is 30.6 Å². The Morgan fingerprint density at radius 1 is 1.23 bits per heavy atom. The van der Waals surface area contributed by atoms with E-state index in [1.807, 2.05) is 4.68 Å². The minimum atomic E-state index is 0. The molecule has 3 aromatic rings. The fourth-order valence-corrected chi connectivity index (χ4v) is 3.98. The molecule has 2 aromatic carbocycles. The summed E-state index contributed by atoms with van der Waals surface area (Å²) < 4.78 is 7.15. The predicted octanol–water partition coefficient (Wildman–Crippen LogP) is 3.31. The van der Waals surface area contributed by atoms with Crippen molar-refractivity contribution >= 4 is 40.7 Å². The first-order chi connectivity index (χ1) is 14.8. The normalized spacial score (nSPS) is 15.9. The second-order valence-electron chi connectivity index (χ2n) is 7.59. The van der Waals surface area contributed by atoms with Crippen LogP contribution in [-0.2, 0) is 30.7 Å². The number of aryl methyl sites for hydroxylation is 1. The Kier molecular flexibility index (Phi) is 8.65. The van der Waals surface area contributed by atoms with E-state index in [2.05, 4.69) is 70.1 Å². The van der Waals surface area contributed by atoms with Crippen molar-refractivity contribution in [3.8, 4) is 0 Å². The van der Waals surface area contributed by atoms with Crippen molar-refractivity contribution in [1.82, 2.24) is 25.4 Å². The number of hydrogen-bond acceptors (Lipinski definition) is 4. The quantitative estimate of drug-likeness (QED) is 0.277. The van der Waals surface area contributed by atoms with Gasteiger partial charge >= 0.3 is 0 Å². The summed E-state index contributed by atoms with van der Waals surface area (Å²) in [7, 11) is 1.67. The van der Waals surface area contributed by atoms with Crippen LogP contribution in [0.25, 0.3) is 10.8 Å². The largest absolute Gasteiger partial charge is 0.377 e. The van der Waals surface area contributed by atoms with E-state index in [0.29, 0.717) is 6.61 Å². The van der Waals surface area contributed by atoms with E-state index in [1.54, 1.807) is 7.11 Å².